The summed E-state index contributed by atoms with van der Waals surface area (Å²) in [5.41, 5.74) is 4.40. The number of nitrogens with one attached hydrogen (secondary N) is 1. The Balaban J connectivity index is 2.09. The fraction of sp³-hybridized carbons (Fsp3) is 0.538. The summed E-state index contributed by atoms with van der Waals surface area (Å²) in [6, 6.07) is 10.7. The minimum Gasteiger partial charge on any atom is -0.381 e. The average molecular weight is 221 g/mol. The second kappa shape index (κ2) is 5.99. The van der Waals surface area contributed by atoms with E-state index in [1.54, 1.807) is 7.11 Å². The smallest absolute Gasteiger partial charge is 0.0601 e. The van der Waals surface area contributed by atoms with Gasteiger partial charge in [-0.2, -0.15) is 5.48 Å². The van der Waals surface area contributed by atoms with Gasteiger partial charge in [0, 0.05) is 13.2 Å². The molecule has 1 fully saturated rings. The molecule has 1 N–H and O–H groups in total. The second-order valence-electron chi connectivity index (χ2n) is 4.16. The first kappa shape index (κ1) is 11.6. The normalized spacial score (nSPS) is 19.6. The van der Waals surface area contributed by atoms with Crippen LogP contribution in [-0.2, 0) is 9.57 Å². The summed E-state index contributed by atoms with van der Waals surface area (Å²) in [4.78, 5) is 5.12. The Bertz CT molecular complexity index is 296. The molecule has 0 aromatic heterocycles. The highest BCUT2D eigenvalue weighted by atomic mass is 16.6. The summed E-state index contributed by atoms with van der Waals surface area (Å²) in [7, 11) is 1.68. The topological polar surface area (TPSA) is 30.5 Å². The lowest BCUT2D eigenvalue weighted by Gasteiger charge is -2.30. The van der Waals surface area contributed by atoms with Crippen LogP contribution in [0.4, 0.5) is 0 Å². The van der Waals surface area contributed by atoms with Gasteiger partial charge in [0.2, 0.25) is 0 Å². The quantitative estimate of drug-likeness (QED) is 0.791. The molecule has 1 aromatic carbocycles. The van der Waals surface area contributed by atoms with Crippen molar-refractivity contribution in [3.05, 3.63) is 35.9 Å². The molecule has 1 aliphatic heterocycles. The lowest BCUT2D eigenvalue weighted by atomic mass is 9.88. The Morgan fingerprint density at radius 3 is 2.56 bits per heavy atom. The van der Waals surface area contributed by atoms with Crippen molar-refractivity contribution in [2.45, 2.75) is 18.9 Å². The molecule has 0 amide bonds. The van der Waals surface area contributed by atoms with Crippen molar-refractivity contribution in [1.82, 2.24) is 5.48 Å². The molecule has 1 saturated heterocycles. The third-order valence-corrected chi connectivity index (χ3v) is 3.14. The third kappa shape index (κ3) is 2.82. The van der Waals surface area contributed by atoms with E-state index in [0.29, 0.717) is 5.92 Å². The highest BCUT2D eigenvalue weighted by Crippen LogP contribution is 2.29. The van der Waals surface area contributed by atoms with E-state index < -0.39 is 0 Å². The number of hydrogen-bond donors (Lipinski definition) is 1. The van der Waals surface area contributed by atoms with Crippen LogP contribution in [0.5, 0.6) is 0 Å². The molecule has 0 spiro atoms. The monoisotopic (exact) mass is 221 g/mol. The maximum absolute atomic E-state index is 5.40. The van der Waals surface area contributed by atoms with Crippen LogP contribution < -0.4 is 5.48 Å². The van der Waals surface area contributed by atoms with Crippen molar-refractivity contribution in [2.24, 2.45) is 5.92 Å². The molecule has 1 atom stereocenters. The van der Waals surface area contributed by atoms with Gasteiger partial charge >= 0.3 is 0 Å². The number of benzene rings is 1. The zero-order valence-electron chi connectivity index (χ0n) is 9.69. The van der Waals surface area contributed by atoms with Gasteiger partial charge < -0.3 is 9.57 Å². The van der Waals surface area contributed by atoms with E-state index in [1.807, 2.05) is 6.07 Å². The first-order valence-corrected chi connectivity index (χ1v) is 5.83. The average Bonchev–Trinajstić information content (AvgIpc) is 2.38. The molecule has 0 aliphatic carbocycles. The van der Waals surface area contributed by atoms with Gasteiger partial charge in [-0.3, -0.25) is 0 Å². The summed E-state index contributed by atoms with van der Waals surface area (Å²) in [5.74, 6) is 0.594. The van der Waals surface area contributed by atoms with Crippen molar-refractivity contribution < 1.29 is 9.57 Å². The SMILES string of the molecule is CONC(c1ccccc1)C1CCOCC1. The number of ether oxygens (including phenoxy) is 1. The van der Waals surface area contributed by atoms with Crippen LogP contribution in [-0.4, -0.2) is 20.3 Å². The molecule has 0 bridgehead atoms. The minimum atomic E-state index is 0.273. The number of hydrogen-bond acceptors (Lipinski definition) is 3. The van der Waals surface area contributed by atoms with Crippen molar-refractivity contribution in [3.63, 3.8) is 0 Å². The first-order valence-electron chi connectivity index (χ1n) is 5.83. The highest BCUT2D eigenvalue weighted by Gasteiger charge is 2.25. The summed E-state index contributed by atoms with van der Waals surface area (Å²) in [6.45, 7) is 1.72. The van der Waals surface area contributed by atoms with Crippen LogP contribution in [0.1, 0.15) is 24.4 Å². The molecule has 16 heavy (non-hydrogen) atoms. The van der Waals surface area contributed by atoms with Gasteiger partial charge in [-0.05, 0) is 24.3 Å². The van der Waals surface area contributed by atoms with Gasteiger partial charge in [0.25, 0.3) is 0 Å². The molecule has 0 saturated carbocycles. The number of rotatable bonds is 4. The fourth-order valence-corrected chi connectivity index (χ4v) is 2.27. The zero-order valence-corrected chi connectivity index (χ0v) is 9.69. The molecular weight excluding hydrogens is 202 g/mol. The zero-order chi connectivity index (χ0) is 11.2. The highest BCUT2D eigenvalue weighted by molar-refractivity contribution is 5.19. The van der Waals surface area contributed by atoms with Crippen LogP contribution in [0.15, 0.2) is 30.3 Å². The third-order valence-electron chi connectivity index (χ3n) is 3.14. The molecule has 2 rings (SSSR count). The van der Waals surface area contributed by atoms with Crippen molar-refractivity contribution in [1.29, 1.82) is 0 Å². The van der Waals surface area contributed by atoms with Crippen LogP contribution in [0.2, 0.25) is 0 Å². The molecule has 3 heteroatoms. The summed E-state index contributed by atoms with van der Waals surface area (Å²) in [5, 5.41) is 0. The van der Waals surface area contributed by atoms with E-state index in [9.17, 15) is 0 Å². The van der Waals surface area contributed by atoms with E-state index in [1.165, 1.54) is 5.56 Å². The van der Waals surface area contributed by atoms with Crippen LogP contribution >= 0.6 is 0 Å². The minimum absolute atomic E-state index is 0.273. The maximum atomic E-state index is 5.40. The molecule has 1 aromatic rings. The molecule has 88 valence electrons. The summed E-state index contributed by atoms with van der Waals surface area (Å²) >= 11 is 0. The van der Waals surface area contributed by atoms with Crippen molar-refractivity contribution >= 4 is 0 Å². The lowest BCUT2D eigenvalue weighted by Crippen LogP contribution is -2.31. The van der Waals surface area contributed by atoms with Gasteiger partial charge in [0.15, 0.2) is 0 Å². The van der Waals surface area contributed by atoms with Crippen LogP contribution in [0, 0.1) is 5.92 Å². The van der Waals surface area contributed by atoms with E-state index >= 15 is 0 Å². The summed E-state index contributed by atoms with van der Waals surface area (Å²) in [6.07, 6.45) is 2.19. The Morgan fingerprint density at radius 2 is 1.94 bits per heavy atom. The molecule has 1 aliphatic rings. The van der Waals surface area contributed by atoms with E-state index in [-0.39, 0.29) is 6.04 Å². The Morgan fingerprint density at radius 1 is 1.25 bits per heavy atom. The van der Waals surface area contributed by atoms with E-state index in [0.717, 1.165) is 26.1 Å². The summed E-state index contributed by atoms with van der Waals surface area (Å²) < 4.78 is 5.40. The molecular formula is C13H19NO2. The van der Waals surface area contributed by atoms with E-state index in [4.69, 9.17) is 9.57 Å². The van der Waals surface area contributed by atoms with Crippen molar-refractivity contribution in [3.8, 4) is 0 Å². The largest absolute Gasteiger partial charge is 0.381 e. The maximum Gasteiger partial charge on any atom is 0.0601 e. The lowest BCUT2D eigenvalue weighted by molar-refractivity contribution is 0.000588. The van der Waals surface area contributed by atoms with Crippen LogP contribution in [0.25, 0.3) is 0 Å². The Hall–Kier alpha value is -0.900. The number of hydroxylamine groups is 1. The Labute approximate surface area is 96.7 Å². The van der Waals surface area contributed by atoms with Gasteiger partial charge in [-0.25, -0.2) is 0 Å². The molecule has 0 radical (unpaired) electrons. The van der Waals surface area contributed by atoms with Crippen LogP contribution in [0.3, 0.4) is 0 Å². The van der Waals surface area contributed by atoms with Gasteiger partial charge in [0.05, 0.1) is 13.2 Å². The van der Waals surface area contributed by atoms with E-state index in [2.05, 4.69) is 29.7 Å². The molecule has 3 nitrogen and oxygen atoms in total. The predicted molar refractivity (Wildman–Crippen MR) is 62.9 cm³/mol. The second-order valence-corrected chi connectivity index (χ2v) is 4.16. The fourth-order valence-electron chi connectivity index (χ4n) is 2.27. The van der Waals surface area contributed by atoms with Gasteiger partial charge in [-0.15, -0.1) is 0 Å². The predicted octanol–water partition coefficient (Wildman–Crippen LogP) is 2.31. The molecule has 1 unspecified atom stereocenters. The molecule has 1 heterocycles. The van der Waals surface area contributed by atoms with Crippen molar-refractivity contribution in [2.75, 3.05) is 20.3 Å². The van der Waals surface area contributed by atoms with Gasteiger partial charge in [-0.1, -0.05) is 30.3 Å². The Kier molecular flexibility index (Phi) is 4.34. The van der Waals surface area contributed by atoms with Gasteiger partial charge in [0.1, 0.15) is 0 Å². The first-order chi connectivity index (χ1) is 7.92. The standard InChI is InChI=1S/C13H19NO2/c1-15-14-13(11-5-3-2-4-6-11)12-7-9-16-10-8-12/h2-6,12-14H,7-10H2,1H3.